The number of hydrogen-bond donors (Lipinski definition) is 0. The van der Waals surface area contributed by atoms with Crippen LogP contribution >= 0.6 is 11.8 Å². The van der Waals surface area contributed by atoms with Crippen molar-refractivity contribution in [1.82, 2.24) is 24.1 Å². The number of imidazole rings is 1. The molecular weight excluding hydrogens is 389 g/mol. The second-order valence-corrected chi connectivity index (χ2v) is 7.99. The zero-order chi connectivity index (χ0) is 19.6. The highest BCUT2D eigenvalue weighted by Crippen LogP contribution is 2.28. The fourth-order valence-corrected chi connectivity index (χ4v) is 4.39. The zero-order valence-electron chi connectivity index (χ0n) is 15.7. The van der Waals surface area contributed by atoms with E-state index in [0.29, 0.717) is 12.3 Å². The van der Waals surface area contributed by atoms with E-state index >= 15 is 0 Å². The Labute approximate surface area is 171 Å². The Bertz CT molecular complexity index is 1080. The lowest BCUT2D eigenvalue weighted by atomic mass is 10.2. The van der Waals surface area contributed by atoms with Crippen molar-refractivity contribution in [2.24, 2.45) is 0 Å². The molecule has 29 heavy (non-hydrogen) atoms. The highest BCUT2D eigenvalue weighted by Gasteiger charge is 2.22. The van der Waals surface area contributed by atoms with Crippen LogP contribution in [0.4, 0.5) is 4.39 Å². The Morgan fingerprint density at radius 3 is 2.83 bits per heavy atom. The third-order valence-corrected chi connectivity index (χ3v) is 5.99. The summed E-state index contributed by atoms with van der Waals surface area (Å²) in [6, 6.07) is 12.3. The van der Waals surface area contributed by atoms with Crippen LogP contribution in [0.3, 0.4) is 0 Å². The predicted octanol–water partition coefficient (Wildman–Crippen LogP) is 4.20. The molecule has 4 aromatic rings. The number of aromatic nitrogens is 5. The maximum Gasteiger partial charge on any atom is 0.191 e. The normalized spacial score (nSPS) is 16.7. The van der Waals surface area contributed by atoms with Gasteiger partial charge in [-0.1, -0.05) is 17.8 Å². The summed E-state index contributed by atoms with van der Waals surface area (Å²) >= 11 is 1.60. The van der Waals surface area contributed by atoms with Gasteiger partial charge in [-0.25, -0.2) is 9.37 Å². The SMILES string of the molecule is Fc1ccc(-c2nnc(SCc3cn4ccccc4n3)n2C[C@@H]2CCCO2)cc1. The van der Waals surface area contributed by atoms with Gasteiger partial charge in [-0.05, 0) is 49.2 Å². The van der Waals surface area contributed by atoms with Crippen LogP contribution in [0.1, 0.15) is 18.5 Å². The Morgan fingerprint density at radius 1 is 1.14 bits per heavy atom. The summed E-state index contributed by atoms with van der Waals surface area (Å²) in [6.45, 7) is 1.48. The first-order valence-corrected chi connectivity index (χ1v) is 10.6. The smallest absolute Gasteiger partial charge is 0.191 e. The molecule has 0 aliphatic carbocycles. The van der Waals surface area contributed by atoms with Gasteiger partial charge in [0.1, 0.15) is 11.5 Å². The summed E-state index contributed by atoms with van der Waals surface area (Å²) in [6.07, 6.45) is 6.27. The van der Waals surface area contributed by atoms with Crippen molar-refractivity contribution in [3.8, 4) is 11.4 Å². The first-order chi connectivity index (χ1) is 14.3. The molecule has 3 aromatic heterocycles. The van der Waals surface area contributed by atoms with Crippen molar-refractivity contribution in [1.29, 1.82) is 0 Å². The maximum absolute atomic E-state index is 13.4. The number of ether oxygens (including phenoxy) is 1. The summed E-state index contributed by atoms with van der Waals surface area (Å²) in [5.74, 6) is 1.16. The number of rotatable bonds is 6. The molecular formula is C21H20FN5OS. The molecule has 1 fully saturated rings. The zero-order valence-corrected chi connectivity index (χ0v) is 16.6. The van der Waals surface area contributed by atoms with E-state index in [0.717, 1.165) is 47.3 Å². The first-order valence-electron chi connectivity index (χ1n) is 9.62. The molecule has 0 amide bonds. The van der Waals surface area contributed by atoms with Crippen LogP contribution in [0.2, 0.25) is 0 Å². The molecule has 0 spiro atoms. The molecule has 1 saturated heterocycles. The van der Waals surface area contributed by atoms with Gasteiger partial charge in [-0.2, -0.15) is 0 Å². The third kappa shape index (κ3) is 3.90. The van der Waals surface area contributed by atoms with Gasteiger partial charge >= 0.3 is 0 Å². The highest BCUT2D eigenvalue weighted by molar-refractivity contribution is 7.98. The van der Waals surface area contributed by atoms with Crippen molar-refractivity contribution in [2.75, 3.05) is 6.61 Å². The van der Waals surface area contributed by atoms with E-state index in [1.165, 1.54) is 12.1 Å². The number of pyridine rings is 1. The van der Waals surface area contributed by atoms with Crippen molar-refractivity contribution < 1.29 is 9.13 Å². The topological polar surface area (TPSA) is 57.2 Å². The van der Waals surface area contributed by atoms with E-state index in [1.54, 1.807) is 23.9 Å². The molecule has 4 heterocycles. The Balaban J connectivity index is 1.42. The predicted molar refractivity (Wildman–Crippen MR) is 109 cm³/mol. The van der Waals surface area contributed by atoms with E-state index in [-0.39, 0.29) is 11.9 Å². The fourth-order valence-electron chi connectivity index (χ4n) is 3.56. The molecule has 8 heteroatoms. The number of halogens is 1. The molecule has 1 aliphatic heterocycles. The molecule has 0 unspecified atom stereocenters. The van der Waals surface area contributed by atoms with Crippen LogP contribution in [0.5, 0.6) is 0 Å². The Morgan fingerprint density at radius 2 is 2.03 bits per heavy atom. The van der Waals surface area contributed by atoms with Crippen LogP contribution in [-0.4, -0.2) is 36.9 Å². The molecule has 0 radical (unpaired) electrons. The second-order valence-electron chi connectivity index (χ2n) is 7.05. The van der Waals surface area contributed by atoms with Gasteiger partial charge in [-0.3, -0.25) is 4.57 Å². The van der Waals surface area contributed by atoms with E-state index in [2.05, 4.69) is 19.7 Å². The van der Waals surface area contributed by atoms with Gasteiger partial charge in [0, 0.05) is 30.3 Å². The number of thioether (sulfide) groups is 1. The third-order valence-electron chi connectivity index (χ3n) is 4.99. The number of nitrogens with zero attached hydrogens (tertiary/aromatic N) is 5. The average Bonchev–Trinajstić information content (AvgIpc) is 3.47. The van der Waals surface area contributed by atoms with Crippen molar-refractivity contribution in [3.63, 3.8) is 0 Å². The lowest BCUT2D eigenvalue weighted by molar-refractivity contribution is 0.0953. The number of fused-ring (bicyclic) bond motifs is 1. The van der Waals surface area contributed by atoms with Crippen LogP contribution in [-0.2, 0) is 17.0 Å². The minimum Gasteiger partial charge on any atom is -0.376 e. The van der Waals surface area contributed by atoms with Crippen LogP contribution < -0.4 is 0 Å². The highest BCUT2D eigenvalue weighted by atomic mass is 32.2. The van der Waals surface area contributed by atoms with Crippen LogP contribution in [0, 0.1) is 5.82 Å². The lowest BCUT2D eigenvalue weighted by Gasteiger charge is -2.14. The minimum atomic E-state index is -0.264. The minimum absolute atomic E-state index is 0.153. The Hall–Kier alpha value is -2.71. The van der Waals surface area contributed by atoms with Crippen molar-refractivity contribution in [2.45, 2.75) is 36.4 Å². The maximum atomic E-state index is 13.4. The molecule has 0 saturated carbocycles. The van der Waals surface area contributed by atoms with Crippen LogP contribution in [0.25, 0.3) is 17.0 Å². The van der Waals surface area contributed by atoms with Crippen molar-refractivity contribution in [3.05, 3.63) is 66.4 Å². The Kier molecular flexibility index (Phi) is 5.03. The first kappa shape index (κ1) is 18.3. The van der Waals surface area contributed by atoms with E-state index in [4.69, 9.17) is 4.74 Å². The van der Waals surface area contributed by atoms with E-state index in [1.807, 2.05) is 35.0 Å². The quantitative estimate of drug-likeness (QED) is 0.447. The fraction of sp³-hybridized carbons (Fsp3) is 0.286. The average molecular weight is 409 g/mol. The van der Waals surface area contributed by atoms with Gasteiger partial charge in [0.25, 0.3) is 0 Å². The molecule has 6 nitrogen and oxygen atoms in total. The lowest BCUT2D eigenvalue weighted by Crippen LogP contribution is -2.16. The van der Waals surface area contributed by atoms with Crippen LogP contribution in [0.15, 0.2) is 60.0 Å². The molecule has 1 atom stereocenters. The molecule has 1 aliphatic rings. The summed E-state index contributed by atoms with van der Waals surface area (Å²) in [5, 5.41) is 9.64. The largest absolute Gasteiger partial charge is 0.376 e. The van der Waals surface area contributed by atoms with Crippen molar-refractivity contribution >= 4 is 17.4 Å². The monoisotopic (exact) mass is 409 g/mol. The second kappa shape index (κ2) is 7.96. The van der Waals surface area contributed by atoms with E-state index in [9.17, 15) is 4.39 Å². The number of benzene rings is 1. The van der Waals surface area contributed by atoms with Gasteiger partial charge in [0.2, 0.25) is 0 Å². The van der Waals surface area contributed by atoms with Gasteiger partial charge in [0.15, 0.2) is 11.0 Å². The summed E-state index contributed by atoms with van der Waals surface area (Å²) < 4.78 is 23.3. The summed E-state index contributed by atoms with van der Waals surface area (Å²) in [4.78, 5) is 4.65. The molecule has 148 valence electrons. The van der Waals surface area contributed by atoms with Gasteiger partial charge < -0.3 is 9.14 Å². The molecule has 1 aromatic carbocycles. The van der Waals surface area contributed by atoms with Gasteiger partial charge in [0.05, 0.1) is 18.3 Å². The summed E-state index contributed by atoms with van der Waals surface area (Å²) in [5.41, 5.74) is 2.75. The number of hydrogen-bond acceptors (Lipinski definition) is 5. The van der Waals surface area contributed by atoms with Gasteiger partial charge in [-0.15, -0.1) is 10.2 Å². The standard InChI is InChI=1S/C21H20FN5OS/c22-16-8-6-15(7-9-16)20-24-25-21(27(20)13-18-4-3-11-28-18)29-14-17-12-26-10-2-1-5-19(26)23-17/h1-2,5-10,12,18H,3-4,11,13-14H2/t18-/m0/s1. The molecule has 5 rings (SSSR count). The molecule has 0 bridgehead atoms. The van der Waals surface area contributed by atoms with E-state index < -0.39 is 0 Å². The summed E-state index contributed by atoms with van der Waals surface area (Å²) in [7, 11) is 0. The molecule has 0 N–H and O–H groups in total.